The fourth-order valence-electron chi connectivity index (χ4n) is 3.36. The molecule has 0 unspecified atom stereocenters. The fraction of sp³-hybridized carbons (Fsp3) is 0.391. The molecule has 0 aliphatic carbocycles. The van der Waals surface area contributed by atoms with E-state index in [9.17, 15) is 22.4 Å². The van der Waals surface area contributed by atoms with E-state index in [1.165, 1.54) is 23.1 Å². The Morgan fingerprint density at radius 2 is 1.79 bits per heavy atom. The normalized spacial score (nSPS) is 12.3. The first kappa shape index (κ1) is 26.6. The Hall–Kier alpha value is -2.65. The first-order chi connectivity index (χ1) is 15.4. The average molecular weight is 498 g/mol. The van der Waals surface area contributed by atoms with E-state index in [-0.39, 0.29) is 24.2 Å². The van der Waals surface area contributed by atoms with E-state index >= 15 is 0 Å². The Kier molecular flexibility index (Phi) is 9.25. The molecule has 0 aromatic heterocycles. The van der Waals surface area contributed by atoms with E-state index in [0.717, 1.165) is 16.6 Å². The quantitative estimate of drug-likeness (QED) is 0.543. The molecule has 0 saturated carbocycles. The highest BCUT2D eigenvalue weighted by molar-refractivity contribution is 7.92. The Labute approximate surface area is 199 Å². The highest BCUT2D eigenvalue weighted by atomic mass is 35.5. The van der Waals surface area contributed by atoms with Gasteiger partial charge in [-0.2, -0.15) is 0 Å². The molecule has 0 aliphatic heterocycles. The van der Waals surface area contributed by atoms with E-state index in [1.807, 2.05) is 0 Å². The number of hydrogen-bond acceptors (Lipinski definition) is 4. The molecular formula is C23H29ClFN3O4S. The summed E-state index contributed by atoms with van der Waals surface area (Å²) in [5.41, 5.74) is 0.628. The maximum absolute atomic E-state index is 13.8. The number of nitrogens with one attached hydrogen (secondary N) is 1. The molecule has 2 aromatic carbocycles. The molecule has 0 aliphatic rings. The van der Waals surface area contributed by atoms with Crippen molar-refractivity contribution in [2.75, 3.05) is 17.1 Å². The van der Waals surface area contributed by atoms with Crippen molar-refractivity contribution in [3.8, 4) is 0 Å². The van der Waals surface area contributed by atoms with Gasteiger partial charge in [-0.15, -0.1) is 0 Å². The van der Waals surface area contributed by atoms with Crippen LogP contribution in [0, 0.1) is 5.82 Å². The number of halogens is 2. The van der Waals surface area contributed by atoms with Crippen LogP contribution in [0.1, 0.15) is 32.8 Å². The van der Waals surface area contributed by atoms with Crippen LogP contribution in [-0.4, -0.2) is 50.0 Å². The second-order valence-electron chi connectivity index (χ2n) is 7.95. The van der Waals surface area contributed by atoms with E-state index in [2.05, 4.69) is 5.32 Å². The van der Waals surface area contributed by atoms with Crippen LogP contribution in [0.2, 0.25) is 5.02 Å². The van der Waals surface area contributed by atoms with Crippen molar-refractivity contribution < 1.29 is 22.4 Å². The highest BCUT2D eigenvalue weighted by Gasteiger charge is 2.32. The third-order valence-corrected chi connectivity index (χ3v) is 6.40. The minimum absolute atomic E-state index is 0.00326. The zero-order valence-electron chi connectivity index (χ0n) is 19.1. The molecule has 10 heteroatoms. The summed E-state index contributed by atoms with van der Waals surface area (Å²) in [7, 11) is -3.92. The van der Waals surface area contributed by atoms with Crippen LogP contribution in [0.5, 0.6) is 0 Å². The molecule has 0 radical (unpaired) electrons. The Morgan fingerprint density at radius 3 is 2.33 bits per heavy atom. The van der Waals surface area contributed by atoms with Gasteiger partial charge in [0, 0.05) is 17.6 Å². The lowest BCUT2D eigenvalue weighted by molar-refractivity contribution is -0.140. The number of anilines is 1. The van der Waals surface area contributed by atoms with Crippen molar-refractivity contribution >= 4 is 39.1 Å². The summed E-state index contributed by atoms with van der Waals surface area (Å²) in [6, 6.07) is 10.9. The smallest absolute Gasteiger partial charge is 0.244 e. The summed E-state index contributed by atoms with van der Waals surface area (Å²) >= 11 is 6.29. The monoisotopic (exact) mass is 497 g/mol. The van der Waals surface area contributed by atoms with Gasteiger partial charge in [-0.3, -0.25) is 13.9 Å². The first-order valence-electron chi connectivity index (χ1n) is 10.5. The number of carbonyl (C=O) groups excluding carboxylic acids is 2. The van der Waals surface area contributed by atoms with Gasteiger partial charge in [-0.25, -0.2) is 12.8 Å². The molecule has 1 atom stereocenters. The predicted octanol–water partition coefficient (Wildman–Crippen LogP) is 3.58. The molecule has 2 rings (SSSR count). The van der Waals surface area contributed by atoms with Gasteiger partial charge in [0.05, 0.1) is 11.9 Å². The van der Waals surface area contributed by atoms with Crippen LogP contribution < -0.4 is 9.62 Å². The van der Waals surface area contributed by atoms with Gasteiger partial charge >= 0.3 is 0 Å². The van der Waals surface area contributed by atoms with Gasteiger partial charge in [0.15, 0.2) is 0 Å². The summed E-state index contributed by atoms with van der Waals surface area (Å²) in [5.74, 6) is -1.61. The van der Waals surface area contributed by atoms with Gasteiger partial charge in [-0.05, 0) is 50.1 Å². The molecule has 7 nitrogen and oxygen atoms in total. The molecule has 1 N–H and O–H groups in total. The minimum Gasteiger partial charge on any atom is -0.352 e. The zero-order valence-corrected chi connectivity index (χ0v) is 20.7. The van der Waals surface area contributed by atoms with Crippen molar-refractivity contribution in [2.45, 2.75) is 45.8 Å². The summed E-state index contributed by atoms with van der Waals surface area (Å²) in [6.07, 6.45) is 1.24. The molecule has 0 heterocycles. The van der Waals surface area contributed by atoms with Crippen molar-refractivity contribution in [2.24, 2.45) is 0 Å². The van der Waals surface area contributed by atoms with E-state index in [4.69, 9.17) is 11.6 Å². The fourth-order valence-corrected chi connectivity index (χ4v) is 4.39. The molecule has 0 bridgehead atoms. The van der Waals surface area contributed by atoms with Crippen LogP contribution >= 0.6 is 11.6 Å². The van der Waals surface area contributed by atoms with Gasteiger partial charge < -0.3 is 10.2 Å². The molecule has 2 aromatic rings. The van der Waals surface area contributed by atoms with Crippen LogP contribution in [-0.2, 0) is 26.2 Å². The lowest BCUT2D eigenvalue weighted by Gasteiger charge is -2.33. The maximum Gasteiger partial charge on any atom is 0.244 e. The summed E-state index contributed by atoms with van der Waals surface area (Å²) in [5, 5.41) is 3.22. The van der Waals surface area contributed by atoms with Crippen LogP contribution in [0.25, 0.3) is 0 Å². The predicted molar refractivity (Wildman–Crippen MR) is 128 cm³/mol. The van der Waals surface area contributed by atoms with Crippen LogP contribution in [0.3, 0.4) is 0 Å². The van der Waals surface area contributed by atoms with E-state index < -0.39 is 34.3 Å². The second-order valence-corrected chi connectivity index (χ2v) is 10.3. The molecule has 33 heavy (non-hydrogen) atoms. The molecule has 2 amide bonds. The minimum atomic E-state index is -3.92. The van der Waals surface area contributed by atoms with Gasteiger partial charge in [0.2, 0.25) is 21.8 Å². The topological polar surface area (TPSA) is 86.8 Å². The standard InChI is InChI=1S/C23H29ClFN3O4S/c1-5-21(23(30)26-16(2)3)27(14-17-9-6-7-12-20(17)24)22(29)15-28(33(4,31)32)19-11-8-10-18(25)13-19/h6-13,16,21H,5,14-15H2,1-4H3,(H,26,30)/t21-/m0/s1. The second kappa shape index (κ2) is 11.5. The van der Waals surface area contributed by atoms with Crippen LogP contribution in [0.15, 0.2) is 48.5 Å². The number of carbonyl (C=O) groups is 2. The van der Waals surface area contributed by atoms with E-state index in [1.54, 1.807) is 45.0 Å². The van der Waals surface area contributed by atoms with Gasteiger partial charge in [-0.1, -0.05) is 42.8 Å². The average Bonchev–Trinajstić information content (AvgIpc) is 2.71. The molecule has 0 saturated heterocycles. The Bertz CT molecular complexity index is 1090. The number of sulfonamides is 1. The molecule has 180 valence electrons. The largest absolute Gasteiger partial charge is 0.352 e. The zero-order chi connectivity index (χ0) is 24.8. The summed E-state index contributed by atoms with van der Waals surface area (Å²) < 4.78 is 39.5. The SMILES string of the molecule is CC[C@@H](C(=O)NC(C)C)N(Cc1ccccc1Cl)C(=O)CN(c1cccc(F)c1)S(C)(=O)=O. The van der Waals surface area contributed by atoms with Gasteiger partial charge in [0.1, 0.15) is 18.4 Å². The van der Waals surface area contributed by atoms with Crippen molar-refractivity contribution in [1.82, 2.24) is 10.2 Å². The molecular weight excluding hydrogens is 469 g/mol. The lowest BCUT2D eigenvalue weighted by Crippen LogP contribution is -2.53. The lowest BCUT2D eigenvalue weighted by atomic mass is 10.1. The number of amides is 2. The molecule has 0 spiro atoms. The first-order valence-corrected chi connectivity index (χ1v) is 12.7. The highest BCUT2D eigenvalue weighted by Crippen LogP contribution is 2.22. The Morgan fingerprint density at radius 1 is 1.12 bits per heavy atom. The molecule has 0 fully saturated rings. The Balaban J connectivity index is 2.46. The van der Waals surface area contributed by atoms with Crippen molar-refractivity contribution in [3.05, 3.63) is 64.9 Å². The third-order valence-electron chi connectivity index (χ3n) is 4.89. The van der Waals surface area contributed by atoms with E-state index in [0.29, 0.717) is 17.0 Å². The van der Waals surface area contributed by atoms with Crippen LogP contribution in [0.4, 0.5) is 10.1 Å². The van der Waals surface area contributed by atoms with Gasteiger partial charge in [0.25, 0.3) is 0 Å². The summed E-state index contributed by atoms with van der Waals surface area (Å²) in [6.45, 7) is 4.78. The summed E-state index contributed by atoms with van der Waals surface area (Å²) in [4.78, 5) is 27.7. The maximum atomic E-state index is 13.8. The number of benzene rings is 2. The van der Waals surface area contributed by atoms with Crippen molar-refractivity contribution in [3.63, 3.8) is 0 Å². The number of nitrogens with zero attached hydrogens (tertiary/aromatic N) is 2. The third kappa shape index (κ3) is 7.43. The number of rotatable bonds is 10. The number of hydrogen-bond donors (Lipinski definition) is 1. The van der Waals surface area contributed by atoms with Crippen molar-refractivity contribution in [1.29, 1.82) is 0 Å².